The third kappa shape index (κ3) is 2.52. The van der Waals surface area contributed by atoms with E-state index in [2.05, 4.69) is 0 Å². The number of esters is 1. The average Bonchev–Trinajstić information content (AvgIpc) is 2.55. The number of allylic oxidation sites excluding steroid dienone is 1. The van der Waals surface area contributed by atoms with Crippen LogP contribution >= 0.6 is 0 Å². The SMILES string of the molecule is COC(=O)C1=C(C)N(C)C(=O)N(C)C1c1ccc(OC)cc1. The van der Waals surface area contributed by atoms with Gasteiger partial charge in [0.25, 0.3) is 0 Å². The Morgan fingerprint density at radius 2 is 1.73 bits per heavy atom. The van der Waals surface area contributed by atoms with Crippen LogP contribution in [0.25, 0.3) is 0 Å². The molecule has 1 aromatic carbocycles. The molecule has 1 aliphatic heterocycles. The van der Waals surface area contributed by atoms with Crippen LogP contribution in [-0.2, 0) is 9.53 Å². The number of amides is 2. The van der Waals surface area contributed by atoms with Crippen LogP contribution in [0.5, 0.6) is 5.75 Å². The molecular formula is C16H20N2O4. The van der Waals surface area contributed by atoms with Gasteiger partial charge in [-0.2, -0.15) is 0 Å². The number of methoxy groups -OCH3 is 2. The highest BCUT2D eigenvalue weighted by atomic mass is 16.5. The second-order valence-electron chi connectivity index (χ2n) is 5.12. The first kappa shape index (κ1) is 15.9. The van der Waals surface area contributed by atoms with Crippen molar-refractivity contribution in [2.24, 2.45) is 0 Å². The molecule has 22 heavy (non-hydrogen) atoms. The van der Waals surface area contributed by atoms with Gasteiger partial charge >= 0.3 is 12.0 Å². The van der Waals surface area contributed by atoms with Gasteiger partial charge in [0.05, 0.1) is 25.8 Å². The van der Waals surface area contributed by atoms with Crippen LogP contribution in [0.2, 0.25) is 0 Å². The molecule has 0 bridgehead atoms. The summed E-state index contributed by atoms with van der Waals surface area (Å²) in [5.41, 5.74) is 1.87. The minimum absolute atomic E-state index is 0.175. The van der Waals surface area contributed by atoms with Crippen molar-refractivity contribution in [3.63, 3.8) is 0 Å². The Bertz CT molecular complexity index is 622. The van der Waals surface area contributed by atoms with Crippen molar-refractivity contribution in [1.29, 1.82) is 0 Å². The van der Waals surface area contributed by atoms with Gasteiger partial charge in [-0.3, -0.25) is 0 Å². The normalized spacial score (nSPS) is 18.6. The number of carbonyl (C=O) groups excluding carboxylic acids is 2. The number of likely N-dealkylation sites (N-methyl/N-ethyl adjacent to an activating group) is 1. The molecule has 0 aliphatic carbocycles. The van der Waals surface area contributed by atoms with Crippen molar-refractivity contribution in [2.45, 2.75) is 13.0 Å². The summed E-state index contributed by atoms with van der Waals surface area (Å²) in [6.07, 6.45) is 0. The molecule has 0 saturated heterocycles. The zero-order chi connectivity index (χ0) is 16.4. The van der Waals surface area contributed by atoms with Gasteiger partial charge in [-0.15, -0.1) is 0 Å². The Kier molecular flexibility index (Phi) is 4.40. The zero-order valence-corrected chi connectivity index (χ0v) is 13.4. The first-order valence-electron chi connectivity index (χ1n) is 6.86. The lowest BCUT2D eigenvalue weighted by atomic mass is 9.93. The molecule has 0 spiro atoms. The van der Waals surface area contributed by atoms with Crippen molar-refractivity contribution in [3.8, 4) is 5.75 Å². The smallest absolute Gasteiger partial charge is 0.337 e. The summed E-state index contributed by atoms with van der Waals surface area (Å²) in [6.45, 7) is 1.74. The van der Waals surface area contributed by atoms with E-state index in [9.17, 15) is 9.59 Å². The standard InChI is InChI=1S/C16H20N2O4/c1-10-13(15(19)22-5)14(18(3)16(20)17(10)2)11-6-8-12(21-4)9-7-11/h6-9,14H,1-5H3. The minimum Gasteiger partial charge on any atom is -0.497 e. The molecule has 0 fully saturated rings. The fourth-order valence-corrected chi connectivity index (χ4v) is 2.61. The fraction of sp³-hybridized carbons (Fsp3) is 0.375. The lowest BCUT2D eigenvalue weighted by Crippen LogP contribution is -2.47. The maximum absolute atomic E-state index is 12.3. The number of hydrogen-bond acceptors (Lipinski definition) is 4. The quantitative estimate of drug-likeness (QED) is 0.803. The van der Waals surface area contributed by atoms with Gasteiger partial charge in [-0.05, 0) is 24.6 Å². The maximum atomic E-state index is 12.3. The number of urea groups is 1. The number of carbonyl (C=O) groups is 2. The van der Waals surface area contributed by atoms with E-state index < -0.39 is 12.0 Å². The first-order valence-corrected chi connectivity index (χ1v) is 6.86. The molecule has 1 aromatic rings. The van der Waals surface area contributed by atoms with E-state index in [1.807, 2.05) is 12.1 Å². The van der Waals surface area contributed by atoms with Crippen molar-refractivity contribution in [3.05, 3.63) is 41.1 Å². The van der Waals surface area contributed by atoms with E-state index in [-0.39, 0.29) is 6.03 Å². The summed E-state index contributed by atoms with van der Waals surface area (Å²) in [4.78, 5) is 27.5. The second kappa shape index (κ2) is 6.09. The largest absolute Gasteiger partial charge is 0.497 e. The van der Waals surface area contributed by atoms with Gasteiger partial charge in [0, 0.05) is 19.8 Å². The highest BCUT2D eigenvalue weighted by Crippen LogP contribution is 2.36. The molecule has 1 heterocycles. The van der Waals surface area contributed by atoms with Crippen LogP contribution < -0.4 is 4.74 Å². The Morgan fingerprint density at radius 1 is 1.14 bits per heavy atom. The topological polar surface area (TPSA) is 59.1 Å². The Hall–Kier alpha value is -2.50. The van der Waals surface area contributed by atoms with Crippen molar-refractivity contribution >= 4 is 12.0 Å². The van der Waals surface area contributed by atoms with E-state index in [1.165, 1.54) is 16.9 Å². The predicted octanol–water partition coefficient (Wildman–Crippen LogP) is 2.18. The Balaban J connectivity index is 2.57. The monoisotopic (exact) mass is 304 g/mol. The highest BCUT2D eigenvalue weighted by molar-refractivity contribution is 5.94. The van der Waals surface area contributed by atoms with E-state index in [4.69, 9.17) is 9.47 Å². The summed E-state index contributed by atoms with van der Waals surface area (Å²) in [5, 5.41) is 0. The van der Waals surface area contributed by atoms with Crippen LogP contribution in [0.15, 0.2) is 35.5 Å². The number of rotatable bonds is 3. The fourth-order valence-electron chi connectivity index (χ4n) is 2.61. The van der Waals surface area contributed by atoms with Gasteiger partial charge in [-0.1, -0.05) is 12.1 Å². The third-order valence-electron chi connectivity index (χ3n) is 3.98. The number of benzene rings is 1. The molecule has 2 amide bonds. The van der Waals surface area contributed by atoms with Crippen LogP contribution in [0.1, 0.15) is 18.5 Å². The number of ether oxygens (including phenoxy) is 2. The summed E-state index contributed by atoms with van der Waals surface area (Å²) < 4.78 is 10.0. The zero-order valence-electron chi connectivity index (χ0n) is 13.4. The van der Waals surface area contributed by atoms with Crippen molar-refractivity contribution in [2.75, 3.05) is 28.3 Å². The summed E-state index contributed by atoms with van der Waals surface area (Å²) >= 11 is 0. The lowest BCUT2D eigenvalue weighted by molar-refractivity contribution is -0.137. The molecule has 1 unspecified atom stereocenters. The lowest BCUT2D eigenvalue weighted by Gasteiger charge is -2.39. The molecule has 0 aromatic heterocycles. The third-order valence-corrected chi connectivity index (χ3v) is 3.98. The van der Waals surface area contributed by atoms with Gasteiger partial charge < -0.3 is 19.3 Å². The summed E-state index contributed by atoms with van der Waals surface area (Å²) in [6, 6.07) is 6.63. The minimum atomic E-state index is -0.484. The van der Waals surface area contributed by atoms with Crippen LogP contribution in [0, 0.1) is 0 Å². The molecule has 0 N–H and O–H groups in total. The molecule has 6 heteroatoms. The molecule has 118 valence electrons. The van der Waals surface area contributed by atoms with Gasteiger partial charge in [0.15, 0.2) is 0 Å². The van der Waals surface area contributed by atoms with Crippen LogP contribution in [0.4, 0.5) is 4.79 Å². The highest BCUT2D eigenvalue weighted by Gasteiger charge is 2.38. The van der Waals surface area contributed by atoms with Gasteiger partial charge in [-0.25, -0.2) is 9.59 Å². The molecular weight excluding hydrogens is 284 g/mol. The molecule has 0 radical (unpaired) electrons. The second-order valence-corrected chi connectivity index (χ2v) is 5.12. The Morgan fingerprint density at radius 3 is 2.23 bits per heavy atom. The molecule has 0 saturated carbocycles. The summed E-state index contributed by atoms with van der Waals surface area (Å²) in [5.74, 6) is 0.274. The summed E-state index contributed by atoms with van der Waals surface area (Å²) in [7, 11) is 6.23. The van der Waals surface area contributed by atoms with E-state index in [0.717, 1.165) is 5.56 Å². The molecule has 1 atom stereocenters. The van der Waals surface area contributed by atoms with Gasteiger partial charge in [0.1, 0.15) is 5.75 Å². The predicted molar refractivity (Wildman–Crippen MR) is 81.4 cm³/mol. The number of nitrogens with zero attached hydrogens (tertiary/aromatic N) is 2. The van der Waals surface area contributed by atoms with E-state index >= 15 is 0 Å². The van der Waals surface area contributed by atoms with Crippen LogP contribution in [0.3, 0.4) is 0 Å². The van der Waals surface area contributed by atoms with Crippen molar-refractivity contribution in [1.82, 2.24) is 9.80 Å². The average molecular weight is 304 g/mol. The van der Waals surface area contributed by atoms with E-state index in [1.54, 1.807) is 40.3 Å². The molecule has 6 nitrogen and oxygen atoms in total. The maximum Gasteiger partial charge on any atom is 0.337 e. The molecule has 2 rings (SSSR count). The van der Waals surface area contributed by atoms with Gasteiger partial charge in [0.2, 0.25) is 0 Å². The van der Waals surface area contributed by atoms with E-state index in [0.29, 0.717) is 17.0 Å². The van der Waals surface area contributed by atoms with Crippen molar-refractivity contribution < 1.29 is 19.1 Å². The van der Waals surface area contributed by atoms with Crippen LogP contribution in [-0.4, -0.2) is 50.1 Å². The number of hydrogen-bond donors (Lipinski definition) is 0. The Labute approximate surface area is 129 Å². The first-order chi connectivity index (χ1) is 10.4. The molecule has 1 aliphatic rings.